The van der Waals surface area contributed by atoms with E-state index >= 15 is 0 Å². The molecule has 9 heteroatoms. The van der Waals surface area contributed by atoms with Gasteiger partial charge >= 0.3 is 6.03 Å². The van der Waals surface area contributed by atoms with Crippen LogP contribution < -0.4 is 26.2 Å². The number of benzene rings is 2. The number of halogens is 1. The Bertz CT molecular complexity index is 1070. The zero-order valence-electron chi connectivity index (χ0n) is 16.0. The fourth-order valence-electron chi connectivity index (χ4n) is 4.89. The molecule has 30 heavy (non-hydrogen) atoms. The van der Waals surface area contributed by atoms with E-state index in [4.69, 9.17) is 5.73 Å². The van der Waals surface area contributed by atoms with E-state index in [2.05, 4.69) is 10.6 Å². The second-order valence-electron chi connectivity index (χ2n) is 7.88. The Morgan fingerprint density at radius 2 is 1.73 bits per heavy atom. The summed E-state index contributed by atoms with van der Waals surface area (Å²) in [5.41, 5.74) is 7.03. The Labute approximate surface area is 171 Å². The largest absolute Gasteiger partial charge is 0.399 e. The molecule has 3 aliphatic heterocycles. The fraction of sp³-hybridized carbons (Fsp3) is 0.286. The van der Waals surface area contributed by atoms with Crippen molar-refractivity contribution in [1.29, 1.82) is 0 Å². The van der Waals surface area contributed by atoms with E-state index in [0.29, 0.717) is 24.5 Å². The summed E-state index contributed by atoms with van der Waals surface area (Å²) >= 11 is 0. The van der Waals surface area contributed by atoms with Crippen LogP contribution in [0.15, 0.2) is 42.5 Å². The van der Waals surface area contributed by atoms with E-state index in [1.807, 2.05) is 15.9 Å². The monoisotopic (exact) mass is 409 g/mol. The number of carbonyl (C=O) groups excluding carboxylic acids is 3. The van der Waals surface area contributed by atoms with Crippen LogP contribution in [0.5, 0.6) is 0 Å². The van der Waals surface area contributed by atoms with E-state index in [0.717, 1.165) is 11.3 Å². The first-order valence-electron chi connectivity index (χ1n) is 9.71. The number of urea groups is 1. The summed E-state index contributed by atoms with van der Waals surface area (Å²) in [5.74, 6) is -1.65. The summed E-state index contributed by atoms with van der Waals surface area (Å²) in [5, 5.41) is 4.51. The molecule has 3 aliphatic rings. The number of nitrogens with two attached hydrogens (primary N) is 1. The topological polar surface area (TPSA) is 108 Å². The Morgan fingerprint density at radius 3 is 2.47 bits per heavy atom. The quantitative estimate of drug-likeness (QED) is 0.479. The first kappa shape index (κ1) is 18.4. The first-order chi connectivity index (χ1) is 14.4. The molecule has 3 heterocycles. The van der Waals surface area contributed by atoms with Crippen molar-refractivity contribution in [3.63, 3.8) is 0 Å². The van der Waals surface area contributed by atoms with Crippen LogP contribution in [0.4, 0.5) is 26.2 Å². The predicted molar refractivity (Wildman–Crippen MR) is 108 cm³/mol. The second kappa shape index (κ2) is 6.45. The molecule has 0 unspecified atom stereocenters. The molecule has 2 fully saturated rings. The third-order valence-electron chi connectivity index (χ3n) is 6.29. The molecule has 0 aromatic heterocycles. The molecule has 2 aromatic carbocycles. The predicted octanol–water partition coefficient (Wildman–Crippen LogP) is 1.01. The van der Waals surface area contributed by atoms with Gasteiger partial charge in [0.25, 0.3) is 0 Å². The molecule has 1 atom stereocenters. The molecule has 0 radical (unpaired) electrons. The van der Waals surface area contributed by atoms with E-state index in [9.17, 15) is 18.8 Å². The smallest absolute Gasteiger partial charge is 0.328 e. The van der Waals surface area contributed by atoms with Gasteiger partial charge in [-0.05, 0) is 42.3 Å². The zero-order valence-corrected chi connectivity index (χ0v) is 16.0. The maximum atomic E-state index is 14.4. The minimum atomic E-state index is -1.53. The van der Waals surface area contributed by atoms with Crippen LogP contribution in [0.2, 0.25) is 0 Å². The summed E-state index contributed by atoms with van der Waals surface area (Å²) < 4.78 is 14.4. The van der Waals surface area contributed by atoms with Crippen molar-refractivity contribution >= 4 is 34.9 Å². The average molecular weight is 409 g/mol. The minimum absolute atomic E-state index is 0.102. The molecule has 5 rings (SSSR count). The van der Waals surface area contributed by atoms with Crippen molar-refractivity contribution in [2.75, 3.05) is 35.2 Å². The number of nitrogen functional groups attached to an aromatic ring is 1. The maximum Gasteiger partial charge on any atom is 0.328 e. The molecular formula is C21H20FN5O3. The van der Waals surface area contributed by atoms with Crippen LogP contribution >= 0.6 is 0 Å². The number of piperazine rings is 1. The Balaban J connectivity index is 1.63. The van der Waals surface area contributed by atoms with Crippen molar-refractivity contribution in [2.45, 2.75) is 12.5 Å². The van der Waals surface area contributed by atoms with E-state index in [1.54, 1.807) is 30.3 Å². The Hall–Kier alpha value is -3.62. The van der Waals surface area contributed by atoms with E-state index in [1.165, 1.54) is 6.07 Å². The van der Waals surface area contributed by atoms with Crippen molar-refractivity contribution in [1.82, 2.24) is 10.6 Å². The molecule has 2 aromatic rings. The van der Waals surface area contributed by atoms with Gasteiger partial charge < -0.3 is 15.5 Å². The Morgan fingerprint density at radius 1 is 1.00 bits per heavy atom. The van der Waals surface area contributed by atoms with Gasteiger partial charge in [-0.1, -0.05) is 12.1 Å². The molecule has 0 bridgehead atoms. The van der Waals surface area contributed by atoms with E-state index in [-0.39, 0.29) is 18.8 Å². The van der Waals surface area contributed by atoms with E-state index < -0.39 is 29.3 Å². The van der Waals surface area contributed by atoms with Gasteiger partial charge in [-0.25, -0.2) is 9.18 Å². The zero-order chi connectivity index (χ0) is 21.0. The number of para-hydroxylation sites is 1. The molecule has 0 aliphatic carbocycles. The fourth-order valence-corrected chi connectivity index (χ4v) is 4.89. The van der Waals surface area contributed by atoms with Gasteiger partial charge in [0, 0.05) is 31.0 Å². The summed E-state index contributed by atoms with van der Waals surface area (Å²) in [6, 6.07) is 10.4. The van der Waals surface area contributed by atoms with Crippen LogP contribution in [0.3, 0.4) is 0 Å². The lowest BCUT2D eigenvalue weighted by Crippen LogP contribution is -2.74. The summed E-state index contributed by atoms with van der Waals surface area (Å²) in [6.07, 6.45) is 0.102. The molecule has 8 nitrogen and oxygen atoms in total. The van der Waals surface area contributed by atoms with Crippen LogP contribution in [-0.2, 0) is 16.0 Å². The number of rotatable bonds is 1. The van der Waals surface area contributed by atoms with Gasteiger partial charge in [0.2, 0.25) is 11.8 Å². The summed E-state index contributed by atoms with van der Waals surface area (Å²) in [6.45, 7) is 1.24. The van der Waals surface area contributed by atoms with Gasteiger partial charge in [-0.2, -0.15) is 0 Å². The van der Waals surface area contributed by atoms with Crippen molar-refractivity contribution in [3.8, 4) is 0 Å². The normalized spacial score (nSPS) is 22.3. The number of nitrogens with zero attached hydrogens (tertiary/aromatic N) is 2. The van der Waals surface area contributed by atoms with Gasteiger partial charge in [0.15, 0.2) is 5.41 Å². The minimum Gasteiger partial charge on any atom is -0.399 e. The van der Waals surface area contributed by atoms with Crippen molar-refractivity contribution in [3.05, 3.63) is 53.8 Å². The summed E-state index contributed by atoms with van der Waals surface area (Å²) in [4.78, 5) is 41.8. The Kier molecular flexibility index (Phi) is 3.96. The van der Waals surface area contributed by atoms with Crippen LogP contribution in [0, 0.1) is 11.2 Å². The molecular weight excluding hydrogens is 389 g/mol. The molecule has 4 amide bonds. The molecule has 0 saturated carbocycles. The number of anilines is 3. The third kappa shape index (κ3) is 2.54. The number of fused-ring (bicyclic) bond motifs is 4. The standard InChI is InChI=1S/C21H20FN5O3/c22-14-3-1-2-4-16(14)26-7-8-27-15-6-5-13(23)9-12(15)10-21(17(27)11-26)18(28)24-20(30)25-19(21)29/h1-6,9,17H,7-8,10-11,23H2,(H2,24,25,28,29,30)/t17-/m0/s1. The van der Waals surface area contributed by atoms with Crippen LogP contribution in [-0.4, -0.2) is 43.5 Å². The number of hydrogen-bond acceptors (Lipinski definition) is 6. The van der Waals surface area contributed by atoms with Crippen LogP contribution in [0.25, 0.3) is 0 Å². The molecule has 2 saturated heterocycles. The lowest BCUT2D eigenvalue weighted by molar-refractivity contribution is -0.146. The number of nitrogens with one attached hydrogen (secondary N) is 2. The van der Waals surface area contributed by atoms with Gasteiger partial charge in [0.1, 0.15) is 5.82 Å². The molecule has 4 N–H and O–H groups in total. The second-order valence-corrected chi connectivity index (χ2v) is 7.88. The maximum absolute atomic E-state index is 14.4. The summed E-state index contributed by atoms with van der Waals surface area (Å²) in [7, 11) is 0. The lowest BCUT2D eigenvalue weighted by atomic mass is 9.68. The number of amides is 4. The lowest BCUT2D eigenvalue weighted by Gasteiger charge is -2.54. The molecule has 1 spiro atoms. The number of imide groups is 2. The molecule has 154 valence electrons. The van der Waals surface area contributed by atoms with Crippen LogP contribution in [0.1, 0.15) is 5.56 Å². The van der Waals surface area contributed by atoms with Crippen molar-refractivity contribution in [2.24, 2.45) is 5.41 Å². The van der Waals surface area contributed by atoms with Gasteiger partial charge in [-0.15, -0.1) is 0 Å². The highest BCUT2D eigenvalue weighted by Gasteiger charge is 2.60. The van der Waals surface area contributed by atoms with Gasteiger partial charge in [0.05, 0.1) is 11.7 Å². The highest BCUT2D eigenvalue weighted by Crippen LogP contribution is 2.45. The third-order valence-corrected chi connectivity index (χ3v) is 6.29. The number of carbonyl (C=O) groups is 3. The number of barbiturate groups is 1. The van der Waals surface area contributed by atoms with Gasteiger partial charge in [-0.3, -0.25) is 20.2 Å². The highest BCUT2D eigenvalue weighted by atomic mass is 19.1. The first-order valence-corrected chi connectivity index (χ1v) is 9.71. The highest BCUT2D eigenvalue weighted by molar-refractivity contribution is 6.20. The number of hydrogen-bond donors (Lipinski definition) is 3. The average Bonchev–Trinajstić information content (AvgIpc) is 2.71. The SMILES string of the molecule is Nc1ccc2c(c1)CC1(C(=O)NC(=O)NC1=O)[C@@H]1CN(c3ccccc3F)CCN21. The van der Waals surface area contributed by atoms with Crippen molar-refractivity contribution < 1.29 is 18.8 Å².